The number of fused-ring (bicyclic) bond motifs is 5. The normalized spacial score (nSPS) is 11.5. The molecule has 0 atom stereocenters. The van der Waals surface area contributed by atoms with E-state index in [1.54, 1.807) is 45.3 Å². The summed E-state index contributed by atoms with van der Waals surface area (Å²) in [7, 11) is 0. The van der Waals surface area contributed by atoms with Gasteiger partial charge in [0.05, 0.1) is 36.2 Å². The van der Waals surface area contributed by atoms with Gasteiger partial charge < -0.3 is 14.6 Å². The van der Waals surface area contributed by atoms with Crippen LogP contribution in [0.2, 0.25) is 5.15 Å². The average molecular weight is 682 g/mol. The van der Waals surface area contributed by atoms with E-state index in [1.165, 1.54) is 0 Å². The van der Waals surface area contributed by atoms with E-state index < -0.39 is 0 Å². The Bertz CT molecular complexity index is 2140. The molecule has 0 bridgehead atoms. The van der Waals surface area contributed by atoms with Crippen LogP contribution in [0.5, 0.6) is 0 Å². The van der Waals surface area contributed by atoms with Gasteiger partial charge in [-0.2, -0.15) is 0 Å². The van der Waals surface area contributed by atoms with E-state index in [2.05, 4.69) is 15.0 Å². The highest BCUT2D eigenvalue weighted by atomic mass is 35.5. The number of esters is 2. The van der Waals surface area contributed by atoms with Crippen LogP contribution in [0.15, 0.2) is 96.4 Å². The van der Waals surface area contributed by atoms with Crippen LogP contribution in [0.25, 0.3) is 38.5 Å². The lowest BCUT2D eigenvalue weighted by molar-refractivity contribution is -0.141. The highest BCUT2D eigenvalue weighted by Gasteiger charge is 2.16. The lowest BCUT2D eigenvalue weighted by Gasteiger charge is -2.08. The first kappa shape index (κ1) is 36.3. The molecule has 0 radical (unpaired) electrons. The summed E-state index contributed by atoms with van der Waals surface area (Å²) in [5.41, 5.74) is 4.83. The number of aldehydes is 1. The maximum absolute atomic E-state index is 12.2. The van der Waals surface area contributed by atoms with Crippen molar-refractivity contribution in [2.24, 2.45) is 4.99 Å². The number of ether oxygens (including phenoxy) is 2. The molecule has 0 fully saturated rings. The summed E-state index contributed by atoms with van der Waals surface area (Å²) < 4.78 is 11.7. The monoisotopic (exact) mass is 681 g/mol. The second-order valence-electron chi connectivity index (χ2n) is 10.3. The van der Waals surface area contributed by atoms with Crippen LogP contribution in [-0.4, -0.2) is 68.2 Å². The summed E-state index contributed by atoms with van der Waals surface area (Å²) in [4.78, 5) is 50.6. The Morgan fingerprint density at radius 3 is 2.18 bits per heavy atom. The van der Waals surface area contributed by atoms with E-state index in [0.29, 0.717) is 42.7 Å². The number of halogens is 1. The van der Waals surface area contributed by atoms with Gasteiger partial charge in [-0.25, -0.2) is 19.7 Å². The number of carbonyl (C=O) groups excluding carboxylic acids is 3. The van der Waals surface area contributed by atoms with Gasteiger partial charge in [0.25, 0.3) is 0 Å². The standard InChI is InChI=1S/C17H13N3O2.C10H6ClNO.C8H11NO2.C2H6O/c1-2-22-17(21)13-10-12-9-11-5-3-4-6-14(11)19-15(12)20-8-7-18-16(13)20;11-10-8(6-13)5-7-3-1-2-4-9(7)12-10;1-2-11-8(10)6-7-4-3-5-9-7;1-2-3/h3-10H,2H2,1H3;1-6H;3,5H,2,4,6H2,1H3;3H,2H2,1H3. The number of rotatable bonds is 6. The topological polar surface area (TPSA) is 145 Å². The molecule has 1 N–H and O–H groups in total. The quantitative estimate of drug-likeness (QED) is 0.0834. The Morgan fingerprint density at radius 2 is 1.55 bits per heavy atom. The van der Waals surface area contributed by atoms with Gasteiger partial charge in [0.2, 0.25) is 0 Å². The van der Waals surface area contributed by atoms with E-state index in [9.17, 15) is 14.4 Å². The first-order valence-corrected chi connectivity index (χ1v) is 16.0. The maximum atomic E-state index is 12.2. The first-order chi connectivity index (χ1) is 23.8. The Hall–Kier alpha value is -5.52. The minimum atomic E-state index is -0.367. The van der Waals surface area contributed by atoms with E-state index in [0.717, 1.165) is 45.0 Å². The van der Waals surface area contributed by atoms with Crippen LogP contribution in [0.3, 0.4) is 0 Å². The second-order valence-corrected chi connectivity index (χ2v) is 10.6. The molecule has 7 rings (SSSR count). The number of carbonyl (C=O) groups is 3. The van der Waals surface area contributed by atoms with Gasteiger partial charge in [-0.1, -0.05) is 54.1 Å². The highest BCUT2D eigenvalue weighted by molar-refractivity contribution is 6.32. The Kier molecular flexibility index (Phi) is 13.4. The summed E-state index contributed by atoms with van der Waals surface area (Å²) in [6.07, 6.45) is 8.95. The molecule has 2 aromatic carbocycles. The molecule has 0 aliphatic carbocycles. The van der Waals surface area contributed by atoms with Crippen molar-refractivity contribution in [2.45, 2.75) is 33.6 Å². The second kappa shape index (κ2) is 18.1. The van der Waals surface area contributed by atoms with Crippen LogP contribution in [0.4, 0.5) is 0 Å². The highest BCUT2D eigenvalue weighted by Crippen LogP contribution is 2.24. The lowest BCUT2D eigenvalue weighted by atomic mass is 10.1. The molecule has 0 unspecified atom stereocenters. The molecular formula is C37H36ClN5O6. The number of aromatic nitrogens is 4. The molecule has 1 aliphatic heterocycles. The number of aliphatic imine (C=N–C) groups is 1. The third-order valence-electron chi connectivity index (χ3n) is 6.84. The number of hydrogen-bond donors (Lipinski definition) is 1. The minimum absolute atomic E-state index is 0.185. The van der Waals surface area contributed by atoms with Crippen LogP contribution in [0.1, 0.15) is 54.3 Å². The fraction of sp³-hybridized carbons (Fsp3) is 0.216. The van der Waals surface area contributed by atoms with E-state index in [-0.39, 0.29) is 23.7 Å². The average Bonchev–Trinajstić information content (AvgIpc) is 3.81. The number of imidazole rings is 1. The van der Waals surface area contributed by atoms with Crippen LogP contribution in [0, 0.1) is 0 Å². The molecule has 1 aliphatic rings. The van der Waals surface area contributed by atoms with Gasteiger partial charge in [0.15, 0.2) is 11.9 Å². The zero-order chi connectivity index (χ0) is 35.2. The molecule has 12 heteroatoms. The van der Waals surface area contributed by atoms with Crippen molar-refractivity contribution in [3.63, 3.8) is 0 Å². The summed E-state index contributed by atoms with van der Waals surface area (Å²) in [5, 5.41) is 10.7. The molecule has 0 saturated carbocycles. The Balaban J connectivity index is 0.000000171. The number of nitrogens with zero attached hydrogens (tertiary/aromatic N) is 5. The largest absolute Gasteiger partial charge is 0.466 e. The summed E-state index contributed by atoms with van der Waals surface area (Å²) in [5.74, 6) is -0.552. The number of aliphatic hydroxyl groups is 1. The summed E-state index contributed by atoms with van der Waals surface area (Å²) >= 11 is 5.76. The summed E-state index contributed by atoms with van der Waals surface area (Å²) in [6.45, 7) is 6.29. The van der Waals surface area contributed by atoms with Gasteiger partial charge in [0.1, 0.15) is 16.4 Å². The SMILES string of the molecule is CCO.CCOC(=O)CC1=NC=CC1.CCOC(=O)c1cc2cc3ccccc3nc2n2ccnc12.O=Cc1cc2ccccc2nc1Cl. The molecule has 0 saturated heterocycles. The molecule has 252 valence electrons. The number of pyridine rings is 3. The van der Waals surface area contributed by atoms with E-state index >= 15 is 0 Å². The Labute approximate surface area is 287 Å². The van der Waals surface area contributed by atoms with Gasteiger partial charge in [0, 0.05) is 53.5 Å². The predicted octanol–water partition coefficient (Wildman–Crippen LogP) is 7.21. The number of allylic oxidation sites excluding steroid dienone is 1. The zero-order valence-corrected chi connectivity index (χ0v) is 28.1. The van der Waals surface area contributed by atoms with Crippen LogP contribution in [-0.2, 0) is 14.3 Å². The molecule has 5 heterocycles. The third kappa shape index (κ3) is 9.53. The fourth-order valence-corrected chi connectivity index (χ4v) is 4.95. The third-order valence-corrected chi connectivity index (χ3v) is 7.14. The van der Waals surface area contributed by atoms with Crippen molar-refractivity contribution in [1.82, 2.24) is 19.4 Å². The number of aliphatic hydroxyl groups excluding tert-OH is 1. The maximum Gasteiger partial charge on any atom is 0.341 e. The van der Waals surface area contributed by atoms with Crippen molar-refractivity contribution < 1.29 is 29.0 Å². The van der Waals surface area contributed by atoms with Crippen LogP contribution >= 0.6 is 11.6 Å². The molecule has 49 heavy (non-hydrogen) atoms. The van der Waals surface area contributed by atoms with Gasteiger partial charge in [-0.15, -0.1) is 0 Å². The smallest absolute Gasteiger partial charge is 0.341 e. The molecule has 0 amide bonds. The lowest BCUT2D eigenvalue weighted by Crippen LogP contribution is -2.09. The Morgan fingerprint density at radius 1 is 0.898 bits per heavy atom. The van der Waals surface area contributed by atoms with Gasteiger partial charge in [-0.05, 0) is 51.1 Å². The van der Waals surface area contributed by atoms with Crippen molar-refractivity contribution in [3.8, 4) is 0 Å². The fourth-order valence-electron chi connectivity index (χ4n) is 4.76. The number of benzene rings is 2. The van der Waals surface area contributed by atoms with Gasteiger partial charge in [-0.3, -0.25) is 19.0 Å². The molecule has 4 aromatic heterocycles. The first-order valence-electron chi connectivity index (χ1n) is 15.6. The number of para-hydroxylation sites is 2. The minimum Gasteiger partial charge on any atom is -0.466 e. The van der Waals surface area contributed by atoms with Crippen molar-refractivity contribution in [3.05, 3.63) is 108 Å². The molecular weight excluding hydrogens is 646 g/mol. The predicted molar refractivity (Wildman–Crippen MR) is 191 cm³/mol. The number of hydrogen-bond acceptors (Lipinski definition) is 10. The van der Waals surface area contributed by atoms with Crippen molar-refractivity contribution in [1.29, 1.82) is 0 Å². The molecule has 11 nitrogen and oxygen atoms in total. The van der Waals surface area contributed by atoms with Crippen molar-refractivity contribution >= 4 is 74.0 Å². The van der Waals surface area contributed by atoms with Crippen LogP contribution < -0.4 is 0 Å². The van der Waals surface area contributed by atoms with Crippen molar-refractivity contribution in [2.75, 3.05) is 19.8 Å². The van der Waals surface area contributed by atoms with E-state index in [1.807, 2.05) is 71.3 Å². The van der Waals surface area contributed by atoms with E-state index in [4.69, 9.17) is 31.2 Å². The molecule has 0 spiro atoms. The zero-order valence-electron chi connectivity index (χ0n) is 27.4. The molecule has 6 aromatic rings. The summed E-state index contributed by atoms with van der Waals surface area (Å²) in [6, 6.07) is 21.0. The van der Waals surface area contributed by atoms with Gasteiger partial charge >= 0.3 is 11.9 Å².